The van der Waals surface area contributed by atoms with Crippen molar-refractivity contribution in [3.8, 4) is 0 Å². The van der Waals surface area contributed by atoms with E-state index in [0.29, 0.717) is 31.9 Å². The lowest BCUT2D eigenvalue weighted by Crippen LogP contribution is -2.57. The smallest absolute Gasteiger partial charge is 0.257 e. The zero-order valence-corrected chi connectivity index (χ0v) is 14.0. The van der Waals surface area contributed by atoms with E-state index in [2.05, 4.69) is 4.72 Å². The Kier molecular flexibility index (Phi) is 4.48. The van der Waals surface area contributed by atoms with Crippen molar-refractivity contribution in [3.05, 3.63) is 24.2 Å². The van der Waals surface area contributed by atoms with E-state index in [9.17, 15) is 13.2 Å². The van der Waals surface area contributed by atoms with E-state index < -0.39 is 10.0 Å². The van der Waals surface area contributed by atoms with Crippen LogP contribution in [-0.2, 0) is 14.8 Å². The number of likely N-dealkylation sites (tertiary alicyclic amines) is 1. The molecule has 0 bridgehead atoms. The number of nitrogens with one attached hydrogen (secondary N) is 1. The van der Waals surface area contributed by atoms with Crippen molar-refractivity contribution in [2.45, 2.75) is 25.3 Å². The van der Waals surface area contributed by atoms with Crippen molar-refractivity contribution in [1.29, 1.82) is 0 Å². The Hall–Kier alpha value is -1.38. The van der Waals surface area contributed by atoms with E-state index in [-0.39, 0.29) is 17.4 Å². The van der Waals surface area contributed by atoms with Gasteiger partial charge < -0.3 is 14.1 Å². The molecule has 23 heavy (non-hydrogen) atoms. The highest BCUT2D eigenvalue weighted by Gasteiger charge is 2.45. The van der Waals surface area contributed by atoms with Crippen LogP contribution in [0.15, 0.2) is 23.0 Å². The first kappa shape index (κ1) is 16.5. The summed E-state index contributed by atoms with van der Waals surface area (Å²) in [6.07, 6.45) is 6.47. The molecule has 128 valence electrons. The number of carbonyl (C=O) groups is 1. The van der Waals surface area contributed by atoms with Gasteiger partial charge in [-0.2, -0.15) is 0 Å². The second-order valence-corrected chi connectivity index (χ2v) is 8.21. The topological polar surface area (TPSA) is 88.9 Å². The van der Waals surface area contributed by atoms with Crippen LogP contribution in [0.25, 0.3) is 0 Å². The van der Waals surface area contributed by atoms with Crippen LogP contribution in [0.1, 0.15) is 29.6 Å². The number of furan rings is 1. The zero-order valence-electron chi connectivity index (χ0n) is 13.2. The minimum absolute atomic E-state index is 0.0340. The van der Waals surface area contributed by atoms with Crippen LogP contribution >= 0.6 is 0 Å². The lowest BCUT2D eigenvalue weighted by molar-refractivity contribution is -0.0400. The fraction of sp³-hybridized carbons (Fsp3) is 0.667. The van der Waals surface area contributed by atoms with Gasteiger partial charge in [0.05, 0.1) is 30.7 Å². The van der Waals surface area contributed by atoms with Gasteiger partial charge in [-0.15, -0.1) is 0 Å². The molecule has 0 unspecified atom stereocenters. The highest BCUT2D eigenvalue weighted by atomic mass is 32.2. The molecule has 1 aromatic heterocycles. The molecule has 0 saturated carbocycles. The molecule has 0 aliphatic carbocycles. The normalized spacial score (nSPS) is 24.7. The molecular formula is C15H22N2O5S. The van der Waals surface area contributed by atoms with Crippen LogP contribution < -0.4 is 4.72 Å². The lowest BCUT2D eigenvalue weighted by Gasteiger charge is -2.48. The molecule has 1 N–H and O–H groups in total. The molecule has 1 aromatic rings. The number of piperidine rings is 1. The summed E-state index contributed by atoms with van der Waals surface area (Å²) >= 11 is 0. The van der Waals surface area contributed by atoms with E-state index in [4.69, 9.17) is 9.15 Å². The summed E-state index contributed by atoms with van der Waals surface area (Å²) in [5, 5.41) is 0. The molecule has 3 rings (SSSR count). The van der Waals surface area contributed by atoms with Gasteiger partial charge in [0.15, 0.2) is 0 Å². The van der Waals surface area contributed by atoms with Crippen LogP contribution in [0.5, 0.6) is 0 Å². The van der Waals surface area contributed by atoms with Crippen LogP contribution in [0.2, 0.25) is 0 Å². The van der Waals surface area contributed by atoms with E-state index in [0.717, 1.165) is 19.3 Å². The first-order valence-electron chi connectivity index (χ1n) is 7.76. The summed E-state index contributed by atoms with van der Waals surface area (Å²) < 4.78 is 36.4. The van der Waals surface area contributed by atoms with Gasteiger partial charge in [0, 0.05) is 19.7 Å². The second-order valence-electron chi connectivity index (χ2n) is 6.43. The van der Waals surface area contributed by atoms with E-state index in [1.165, 1.54) is 18.8 Å². The lowest BCUT2D eigenvalue weighted by atomic mass is 9.69. The monoisotopic (exact) mass is 342 g/mol. The van der Waals surface area contributed by atoms with Crippen LogP contribution in [-0.4, -0.2) is 57.8 Å². The van der Waals surface area contributed by atoms with E-state index in [1.807, 2.05) is 4.90 Å². The molecule has 0 aromatic carbocycles. The molecule has 3 heterocycles. The maximum atomic E-state index is 12.4. The first-order chi connectivity index (χ1) is 10.9. The molecule has 7 nitrogen and oxygen atoms in total. The predicted octanol–water partition coefficient (Wildman–Crippen LogP) is 0.840. The predicted molar refractivity (Wildman–Crippen MR) is 83.5 cm³/mol. The Bertz CT molecular complexity index is 647. The summed E-state index contributed by atoms with van der Waals surface area (Å²) in [4.78, 5) is 14.2. The Morgan fingerprint density at radius 3 is 2.70 bits per heavy atom. The standard InChI is InChI=1S/C15H22N2O5S/c1-23(19,20)16-13-11-22-9-5-15(13)3-6-17(7-4-15)14(18)12-2-8-21-10-12/h2,8,10,13,16H,3-7,9,11H2,1H3/t13-/m1/s1. The molecule has 1 amide bonds. The number of sulfonamides is 1. The summed E-state index contributed by atoms with van der Waals surface area (Å²) in [7, 11) is -3.29. The number of rotatable bonds is 3. The highest BCUT2D eigenvalue weighted by Crippen LogP contribution is 2.41. The molecule has 2 fully saturated rings. The van der Waals surface area contributed by atoms with Crippen molar-refractivity contribution in [2.24, 2.45) is 5.41 Å². The summed E-state index contributed by atoms with van der Waals surface area (Å²) in [5.41, 5.74) is 0.424. The van der Waals surface area contributed by atoms with Crippen molar-refractivity contribution in [2.75, 3.05) is 32.6 Å². The molecule has 0 radical (unpaired) electrons. The number of nitrogens with zero attached hydrogens (tertiary/aromatic N) is 1. The average molecular weight is 342 g/mol. The van der Waals surface area contributed by atoms with Crippen molar-refractivity contribution >= 4 is 15.9 Å². The number of hydrogen-bond donors (Lipinski definition) is 1. The Labute approximate surface area is 136 Å². The molecular weight excluding hydrogens is 320 g/mol. The third kappa shape index (κ3) is 3.59. The highest BCUT2D eigenvalue weighted by molar-refractivity contribution is 7.88. The fourth-order valence-electron chi connectivity index (χ4n) is 3.57. The third-order valence-corrected chi connectivity index (χ3v) is 5.65. The van der Waals surface area contributed by atoms with Gasteiger partial charge in [-0.3, -0.25) is 4.79 Å². The SMILES string of the molecule is CS(=O)(=O)N[C@@H]1COCCC12CCN(C(=O)c1ccoc1)CC2. The van der Waals surface area contributed by atoms with Crippen LogP contribution in [0, 0.1) is 5.41 Å². The number of amides is 1. The summed E-state index contributed by atoms with van der Waals surface area (Å²) in [6.45, 7) is 2.26. The van der Waals surface area contributed by atoms with Gasteiger partial charge >= 0.3 is 0 Å². The molecule has 1 spiro atoms. The fourth-order valence-corrected chi connectivity index (χ4v) is 4.40. The Morgan fingerprint density at radius 2 is 2.09 bits per heavy atom. The molecule has 8 heteroatoms. The first-order valence-corrected chi connectivity index (χ1v) is 9.65. The van der Waals surface area contributed by atoms with Gasteiger partial charge in [0.1, 0.15) is 6.26 Å². The number of carbonyl (C=O) groups excluding carboxylic acids is 1. The minimum atomic E-state index is -3.29. The maximum Gasteiger partial charge on any atom is 0.257 e. The van der Waals surface area contributed by atoms with Crippen LogP contribution in [0.3, 0.4) is 0 Å². The van der Waals surface area contributed by atoms with E-state index >= 15 is 0 Å². The maximum absolute atomic E-state index is 12.4. The van der Waals surface area contributed by atoms with Crippen molar-refractivity contribution < 1.29 is 22.4 Å². The molecule has 2 aliphatic rings. The molecule has 2 saturated heterocycles. The van der Waals surface area contributed by atoms with Gasteiger partial charge in [-0.1, -0.05) is 0 Å². The average Bonchev–Trinajstić information content (AvgIpc) is 3.03. The van der Waals surface area contributed by atoms with Gasteiger partial charge in [-0.05, 0) is 30.7 Å². The second kappa shape index (κ2) is 6.26. The Balaban J connectivity index is 1.69. The number of hydrogen-bond acceptors (Lipinski definition) is 5. The zero-order chi connectivity index (χ0) is 16.5. The van der Waals surface area contributed by atoms with Crippen molar-refractivity contribution in [1.82, 2.24) is 9.62 Å². The summed E-state index contributed by atoms with van der Waals surface area (Å²) in [6, 6.07) is 1.44. The van der Waals surface area contributed by atoms with Crippen molar-refractivity contribution in [3.63, 3.8) is 0 Å². The van der Waals surface area contributed by atoms with E-state index in [1.54, 1.807) is 6.07 Å². The minimum Gasteiger partial charge on any atom is -0.472 e. The van der Waals surface area contributed by atoms with Gasteiger partial charge in [0.2, 0.25) is 10.0 Å². The van der Waals surface area contributed by atoms with Gasteiger partial charge in [0.25, 0.3) is 5.91 Å². The van der Waals surface area contributed by atoms with Crippen LogP contribution in [0.4, 0.5) is 0 Å². The largest absolute Gasteiger partial charge is 0.472 e. The third-order valence-electron chi connectivity index (χ3n) is 4.94. The Morgan fingerprint density at radius 1 is 1.35 bits per heavy atom. The quantitative estimate of drug-likeness (QED) is 0.879. The number of ether oxygens (including phenoxy) is 1. The summed E-state index contributed by atoms with van der Waals surface area (Å²) in [5.74, 6) is -0.0340. The molecule has 2 aliphatic heterocycles. The molecule has 1 atom stereocenters. The van der Waals surface area contributed by atoms with Gasteiger partial charge in [-0.25, -0.2) is 13.1 Å².